The van der Waals surface area contributed by atoms with Crippen molar-refractivity contribution in [1.29, 1.82) is 0 Å². The molecule has 0 fully saturated rings. The molecule has 2 N–H and O–H groups in total. The third kappa shape index (κ3) is 1.98. The molecule has 0 saturated heterocycles. The molecule has 0 amide bonds. The molecule has 0 bridgehead atoms. The minimum Gasteiger partial charge on any atom is -0.289 e. The number of aromatic nitrogens is 3. The van der Waals surface area contributed by atoms with Gasteiger partial charge in [0.05, 0.1) is 0 Å². The Morgan fingerprint density at radius 1 is 1.20 bits per heavy atom. The third-order valence-electron chi connectivity index (χ3n) is 2.35. The van der Waals surface area contributed by atoms with Crippen molar-refractivity contribution in [2.45, 2.75) is 19.8 Å². The van der Waals surface area contributed by atoms with Gasteiger partial charge < -0.3 is 0 Å². The Morgan fingerprint density at radius 3 is 2.33 bits per heavy atom. The van der Waals surface area contributed by atoms with E-state index in [1.54, 1.807) is 0 Å². The predicted molar refractivity (Wildman–Crippen MR) is 58.7 cm³/mol. The zero-order valence-corrected chi connectivity index (χ0v) is 8.74. The summed E-state index contributed by atoms with van der Waals surface area (Å²) in [4.78, 5) is 13.5. The van der Waals surface area contributed by atoms with E-state index >= 15 is 0 Å². The minimum atomic E-state index is -0.280. The minimum absolute atomic E-state index is 0.280. The molecule has 0 radical (unpaired) electrons. The summed E-state index contributed by atoms with van der Waals surface area (Å²) in [7, 11) is 0. The molecule has 4 heteroatoms. The average Bonchev–Trinajstić information content (AvgIpc) is 2.65. The lowest BCUT2D eigenvalue weighted by Gasteiger charge is -2.04. The summed E-state index contributed by atoms with van der Waals surface area (Å²) >= 11 is 0. The van der Waals surface area contributed by atoms with E-state index in [-0.39, 0.29) is 5.69 Å². The van der Waals surface area contributed by atoms with E-state index in [9.17, 15) is 4.79 Å². The van der Waals surface area contributed by atoms with Gasteiger partial charge in [0.1, 0.15) is 0 Å². The van der Waals surface area contributed by atoms with Crippen LogP contribution < -0.4 is 5.69 Å². The third-order valence-corrected chi connectivity index (χ3v) is 2.35. The Kier molecular flexibility index (Phi) is 2.41. The van der Waals surface area contributed by atoms with E-state index in [1.165, 1.54) is 5.56 Å². The van der Waals surface area contributed by atoms with Crippen molar-refractivity contribution in [3.05, 3.63) is 40.3 Å². The molecule has 2 aromatic rings. The Hall–Kier alpha value is -1.84. The van der Waals surface area contributed by atoms with E-state index in [0.29, 0.717) is 11.7 Å². The lowest BCUT2D eigenvalue weighted by molar-refractivity contribution is 0.867. The molecule has 0 aliphatic heterocycles. The summed E-state index contributed by atoms with van der Waals surface area (Å²) in [5, 5.41) is 6.21. The molecule has 0 unspecified atom stereocenters. The van der Waals surface area contributed by atoms with Gasteiger partial charge in [0, 0.05) is 5.56 Å². The number of rotatable bonds is 2. The van der Waals surface area contributed by atoms with Gasteiger partial charge in [-0.1, -0.05) is 38.1 Å². The van der Waals surface area contributed by atoms with Crippen molar-refractivity contribution in [3.63, 3.8) is 0 Å². The number of aromatic amines is 2. The predicted octanol–water partition coefficient (Wildman–Crippen LogP) is 1.89. The second kappa shape index (κ2) is 3.73. The molecule has 1 aromatic heterocycles. The number of nitrogens with zero attached hydrogens (tertiary/aromatic N) is 1. The molecule has 0 aliphatic carbocycles. The van der Waals surface area contributed by atoms with Crippen LogP contribution >= 0.6 is 0 Å². The van der Waals surface area contributed by atoms with Crippen molar-refractivity contribution in [2.24, 2.45) is 0 Å². The van der Waals surface area contributed by atoms with E-state index < -0.39 is 0 Å². The number of hydrogen-bond donors (Lipinski definition) is 2. The molecular formula is C11H13N3O. The standard InChI is InChI=1S/C11H13N3O/c1-7(2)8-3-5-9(6-4-8)10-12-11(15)14-13-10/h3-7H,1-2H3,(H2,12,13,14,15). The first kappa shape index (κ1) is 9.71. The molecule has 0 atom stereocenters. The molecule has 15 heavy (non-hydrogen) atoms. The highest BCUT2D eigenvalue weighted by atomic mass is 16.1. The summed E-state index contributed by atoms with van der Waals surface area (Å²) in [5.41, 5.74) is 1.91. The Bertz CT molecular complexity index is 493. The first-order valence-corrected chi connectivity index (χ1v) is 4.92. The fourth-order valence-corrected chi connectivity index (χ4v) is 1.43. The van der Waals surface area contributed by atoms with Crippen LogP contribution in [0.3, 0.4) is 0 Å². The molecule has 2 rings (SSSR count). The first-order chi connectivity index (χ1) is 7.16. The molecule has 0 aliphatic rings. The van der Waals surface area contributed by atoms with E-state index in [0.717, 1.165) is 5.56 Å². The number of benzene rings is 1. The SMILES string of the molecule is CC(C)c1ccc(-c2n[nH]c(=O)[nH]2)cc1. The summed E-state index contributed by atoms with van der Waals surface area (Å²) in [6.45, 7) is 4.29. The van der Waals surface area contributed by atoms with Gasteiger partial charge in [0.25, 0.3) is 0 Å². The second-order valence-corrected chi connectivity index (χ2v) is 3.80. The van der Waals surface area contributed by atoms with Crippen LogP contribution in [0.5, 0.6) is 0 Å². The fourth-order valence-electron chi connectivity index (χ4n) is 1.43. The van der Waals surface area contributed by atoms with Crippen LogP contribution in [0.15, 0.2) is 29.1 Å². The lowest BCUT2D eigenvalue weighted by Crippen LogP contribution is -2.00. The number of hydrogen-bond acceptors (Lipinski definition) is 2. The zero-order chi connectivity index (χ0) is 10.8. The van der Waals surface area contributed by atoms with E-state index in [4.69, 9.17) is 0 Å². The van der Waals surface area contributed by atoms with Crippen molar-refractivity contribution in [1.82, 2.24) is 15.2 Å². The van der Waals surface area contributed by atoms with Crippen LogP contribution in [0.1, 0.15) is 25.3 Å². The molecular weight excluding hydrogens is 190 g/mol. The highest BCUT2D eigenvalue weighted by Crippen LogP contribution is 2.18. The number of H-pyrrole nitrogens is 2. The highest BCUT2D eigenvalue weighted by molar-refractivity contribution is 5.54. The maximum absolute atomic E-state index is 10.9. The Morgan fingerprint density at radius 2 is 1.87 bits per heavy atom. The molecule has 78 valence electrons. The van der Waals surface area contributed by atoms with Gasteiger partial charge in [-0.05, 0) is 11.5 Å². The van der Waals surface area contributed by atoms with Crippen LogP contribution in [0.25, 0.3) is 11.4 Å². The quantitative estimate of drug-likeness (QED) is 0.782. The zero-order valence-electron chi connectivity index (χ0n) is 8.74. The molecule has 1 heterocycles. The molecule has 4 nitrogen and oxygen atoms in total. The maximum Gasteiger partial charge on any atom is 0.340 e. The van der Waals surface area contributed by atoms with Crippen molar-refractivity contribution < 1.29 is 0 Å². The van der Waals surface area contributed by atoms with Gasteiger partial charge in [0.15, 0.2) is 5.82 Å². The van der Waals surface area contributed by atoms with Crippen LogP contribution in [-0.2, 0) is 0 Å². The highest BCUT2D eigenvalue weighted by Gasteiger charge is 2.03. The molecule has 0 spiro atoms. The van der Waals surface area contributed by atoms with Crippen LogP contribution in [0, 0.1) is 0 Å². The van der Waals surface area contributed by atoms with E-state index in [1.807, 2.05) is 24.3 Å². The van der Waals surface area contributed by atoms with E-state index in [2.05, 4.69) is 29.0 Å². The molecule has 1 aromatic carbocycles. The maximum atomic E-state index is 10.9. The van der Waals surface area contributed by atoms with Gasteiger partial charge in [-0.15, -0.1) is 0 Å². The Balaban J connectivity index is 2.35. The van der Waals surface area contributed by atoms with Gasteiger partial charge in [-0.2, -0.15) is 5.10 Å². The first-order valence-electron chi connectivity index (χ1n) is 4.92. The van der Waals surface area contributed by atoms with Crippen molar-refractivity contribution >= 4 is 0 Å². The largest absolute Gasteiger partial charge is 0.340 e. The Labute approximate surface area is 87.4 Å². The topological polar surface area (TPSA) is 61.5 Å². The molecule has 0 saturated carbocycles. The monoisotopic (exact) mass is 203 g/mol. The van der Waals surface area contributed by atoms with Crippen LogP contribution in [0.2, 0.25) is 0 Å². The lowest BCUT2D eigenvalue weighted by atomic mass is 10.0. The smallest absolute Gasteiger partial charge is 0.289 e. The van der Waals surface area contributed by atoms with Gasteiger partial charge >= 0.3 is 5.69 Å². The number of nitrogens with one attached hydrogen (secondary N) is 2. The van der Waals surface area contributed by atoms with Crippen LogP contribution in [0.4, 0.5) is 0 Å². The second-order valence-electron chi connectivity index (χ2n) is 3.80. The van der Waals surface area contributed by atoms with Crippen molar-refractivity contribution in [3.8, 4) is 11.4 Å². The van der Waals surface area contributed by atoms with Gasteiger partial charge in [0.2, 0.25) is 0 Å². The van der Waals surface area contributed by atoms with Gasteiger partial charge in [-0.3, -0.25) is 4.98 Å². The summed E-state index contributed by atoms with van der Waals surface area (Å²) in [5.74, 6) is 1.09. The fraction of sp³-hybridized carbons (Fsp3) is 0.273. The summed E-state index contributed by atoms with van der Waals surface area (Å²) in [6.07, 6.45) is 0. The van der Waals surface area contributed by atoms with Crippen LogP contribution in [-0.4, -0.2) is 15.2 Å². The normalized spacial score (nSPS) is 10.9. The average molecular weight is 203 g/mol. The summed E-state index contributed by atoms with van der Waals surface area (Å²) in [6, 6.07) is 8.02. The van der Waals surface area contributed by atoms with Gasteiger partial charge in [-0.25, -0.2) is 9.89 Å². The summed E-state index contributed by atoms with van der Waals surface area (Å²) < 4.78 is 0. The van der Waals surface area contributed by atoms with Crippen molar-refractivity contribution in [2.75, 3.05) is 0 Å².